The van der Waals surface area contributed by atoms with Gasteiger partial charge < -0.3 is 9.52 Å². The van der Waals surface area contributed by atoms with Crippen LogP contribution in [0.3, 0.4) is 0 Å². The number of alkyl halides is 1. The van der Waals surface area contributed by atoms with Crippen molar-refractivity contribution in [3.63, 3.8) is 0 Å². The van der Waals surface area contributed by atoms with Gasteiger partial charge in [0.1, 0.15) is 5.76 Å². The van der Waals surface area contributed by atoms with Crippen molar-refractivity contribution in [2.24, 2.45) is 0 Å². The molecule has 1 saturated carbocycles. The van der Waals surface area contributed by atoms with Crippen LogP contribution in [0.15, 0.2) is 40.9 Å². The molecule has 1 aliphatic rings. The Kier molecular flexibility index (Phi) is 6.96. The van der Waals surface area contributed by atoms with E-state index in [0.29, 0.717) is 17.0 Å². The summed E-state index contributed by atoms with van der Waals surface area (Å²) >= 11 is 3.26. The molecule has 0 saturated heterocycles. The summed E-state index contributed by atoms with van der Waals surface area (Å²) < 4.78 is 5.34. The van der Waals surface area contributed by atoms with Crippen LogP contribution in [0, 0.1) is 0 Å². The van der Waals surface area contributed by atoms with Gasteiger partial charge in [0.2, 0.25) is 5.89 Å². The molecule has 1 aromatic heterocycles. The van der Waals surface area contributed by atoms with Gasteiger partial charge in [-0.15, -0.1) is 0 Å². The number of hydrogen-bond acceptors (Lipinski definition) is 3. The van der Waals surface area contributed by atoms with E-state index in [1.165, 1.54) is 38.5 Å². The largest absolute Gasteiger partial charge is 0.442 e. The van der Waals surface area contributed by atoms with Crippen LogP contribution >= 0.6 is 15.9 Å². The number of rotatable bonds is 3. The van der Waals surface area contributed by atoms with Gasteiger partial charge in [0.25, 0.3) is 0 Å². The first-order valence-electron chi connectivity index (χ1n) is 7.55. The lowest BCUT2D eigenvalue weighted by Crippen LogP contribution is -1.98. The Labute approximate surface area is 134 Å². The molecule has 3 rings (SSSR count). The number of aliphatic hydroxyl groups is 1. The lowest BCUT2D eigenvalue weighted by atomic mass is 10.0. The van der Waals surface area contributed by atoms with Crippen LogP contribution < -0.4 is 0 Å². The second kappa shape index (κ2) is 9.00. The van der Waals surface area contributed by atoms with Gasteiger partial charge in [-0.2, -0.15) is 0 Å². The normalized spacial score (nSPS) is 15.9. The number of oxazole rings is 1. The summed E-state index contributed by atoms with van der Waals surface area (Å²) in [5.74, 6) is 1.04. The Morgan fingerprint density at radius 3 is 2.10 bits per heavy atom. The first kappa shape index (κ1) is 16.2. The van der Waals surface area contributed by atoms with Gasteiger partial charge in [0.15, 0.2) is 6.10 Å². The predicted octanol–water partition coefficient (Wildman–Crippen LogP) is 4.99. The van der Waals surface area contributed by atoms with Crippen LogP contribution in [-0.2, 0) is 5.33 Å². The quantitative estimate of drug-likeness (QED) is 0.792. The standard InChI is InChI=1S/C11H10BrNO2.C6H12/c12-6-9-7-13-11(15-9)10(14)8-4-2-1-3-5-8;1-2-4-6-5-3-1/h1-5,7,10,14H,6H2;1-6H2. The molecule has 21 heavy (non-hydrogen) atoms. The van der Waals surface area contributed by atoms with Gasteiger partial charge in [0, 0.05) is 0 Å². The highest BCUT2D eigenvalue weighted by atomic mass is 79.9. The Morgan fingerprint density at radius 1 is 1.05 bits per heavy atom. The number of halogens is 1. The van der Waals surface area contributed by atoms with Crippen LogP contribution in [0.1, 0.15) is 61.8 Å². The number of aliphatic hydroxyl groups excluding tert-OH is 1. The van der Waals surface area contributed by atoms with Gasteiger partial charge >= 0.3 is 0 Å². The van der Waals surface area contributed by atoms with E-state index in [9.17, 15) is 5.11 Å². The van der Waals surface area contributed by atoms with E-state index in [1.807, 2.05) is 30.3 Å². The Hall–Kier alpha value is -1.13. The number of nitrogens with zero attached hydrogens (tertiary/aromatic N) is 1. The van der Waals surface area contributed by atoms with Crippen molar-refractivity contribution in [2.75, 3.05) is 0 Å². The van der Waals surface area contributed by atoms with Crippen molar-refractivity contribution < 1.29 is 9.52 Å². The molecule has 1 heterocycles. The zero-order valence-electron chi connectivity index (χ0n) is 12.2. The maximum Gasteiger partial charge on any atom is 0.227 e. The third-order valence-electron chi connectivity index (χ3n) is 3.55. The number of hydrogen-bond donors (Lipinski definition) is 1. The summed E-state index contributed by atoms with van der Waals surface area (Å²) in [6.45, 7) is 0. The Bertz CT molecular complexity index is 497. The van der Waals surface area contributed by atoms with Gasteiger partial charge in [0.05, 0.1) is 11.5 Å². The summed E-state index contributed by atoms with van der Waals surface area (Å²) in [6, 6.07) is 9.31. The minimum absolute atomic E-state index is 0.329. The third-order valence-corrected chi connectivity index (χ3v) is 4.11. The Morgan fingerprint density at radius 2 is 1.62 bits per heavy atom. The molecule has 0 amide bonds. The molecule has 1 fully saturated rings. The molecule has 2 aromatic rings. The lowest BCUT2D eigenvalue weighted by molar-refractivity contribution is 0.181. The highest BCUT2D eigenvalue weighted by molar-refractivity contribution is 9.08. The van der Waals surface area contributed by atoms with E-state index >= 15 is 0 Å². The molecule has 1 N–H and O–H groups in total. The van der Waals surface area contributed by atoms with Crippen molar-refractivity contribution in [1.29, 1.82) is 0 Å². The molecule has 0 aliphatic heterocycles. The summed E-state index contributed by atoms with van der Waals surface area (Å²) in [5.41, 5.74) is 0.778. The number of aromatic nitrogens is 1. The number of benzene rings is 1. The SMILES string of the molecule is C1CCCCC1.OC(c1ccccc1)c1ncc(CBr)o1. The molecule has 114 valence electrons. The van der Waals surface area contributed by atoms with E-state index in [4.69, 9.17) is 4.42 Å². The van der Waals surface area contributed by atoms with Gasteiger partial charge in [-0.25, -0.2) is 4.98 Å². The predicted molar refractivity (Wildman–Crippen MR) is 87.3 cm³/mol. The van der Waals surface area contributed by atoms with Crippen LogP contribution in [0.2, 0.25) is 0 Å². The fraction of sp³-hybridized carbons (Fsp3) is 0.471. The maximum absolute atomic E-state index is 9.93. The fourth-order valence-corrected chi connectivity index (χ4v) is 2.61. The zero-order chi connectivity index (χ0) is 14.9. The van der Waals surface area contributed by atoms with Crippen LogP contribution in [0.5, 0.6) is 0 Å². The molecular weight excluding hydrogens is 330 g/mol. The molecular formula is C17H22BrNO2. The van der Waals surface area contributed by atoms with E-state index in [-0.39, 0.29) is 0 Å². The van der Waals surface area contributed by atoms with Crippen molar-refractivity contribution in [2.45, 2.75) is 50.0 Å². The molecule has 1 unspecified atom stereocenters. The van der Waals surface area contributed by atoms with E-state index in [0.717, 1.165) is 5.56 Å². The van der Waals surface area contributed by atoms with Crippen molar-refractivity contribution >= 4 is 15.9 Å². The minimum atomic E-state index is -0.793. The molecule has 1 atom stereocenters. The first-order valence-corrected chi connectivity index (χ1v) is 8.67. The van der Waals surface area contributed by atoms with Crippen LogP contribution in [0.4, 0.5) is 0 Å². The lowest BCUT2D eigenvalue weighted by Gasteiger charge is -2.05. The first-order chi connectivity index (χ1) is 10.3. The monoisotopic (exact) mass is 351 g/mol. The third kappa shape index (κ3) is 5.29. The van der Waals surface area contributed by atoms with Crippen molar-refractivity contribution in [1.82, 2.24) is 4.98 Å². The topological polar surface area (TPSA) is 46.3 Å². The molecule has 0 bridgehead atoms. The summed E-state index contributed by atoms with van der Waals surface area (Å²) in [5, 5.41) is 10.5. The average Bonchev–Trinajstić information content (AvgIpc) is 3.06. The summed E-state index contributed by atoms with van der Waals surface area (Å²) in [7, 11) is 0. The molecule has 1 aromatic carbocycles. The van der Waals surface area contributed by atoms with Crippen molar-refractivity contribution in [3.05, 3.63) is 53.7 Å². The van der Waals surface area contributed by atoms with E-state index in [2.05, 4.69) is 20.9 Å². The fourth-order valence-electron chi connectivity index (χ4n) is 2.35. The van der Waals surface area contributed by atoms with Gasteiger partial charge in [-0.05, 0) is 5.56 Å². The second-order valence-corrected chi connectivity index (χ2v) is 5.79. The van der Waals surface area contributed by atoms with Crippen LogP contribution in [0.25, 0.3) is 0 Å². The summed E-state index contributed by atoms with van der Waals surface area (Å²) in [4.78, 5) is 4.02. The molecule has 1 aliphatic carbocycles. The minimum Gasteiger partial charge on any atom is -0.442 e. The smallest absolute Gasteiger partial charge is 0.227 e. The highest BCUT2D eigenvalue weighted by Crippen LogP contribution is 2.21. The van der Waals surface area contributed by atoms with Crippen molar-refractivity contribution in [3.8, 4) is 0 Å². The maximum atomic E-state index is 9.93. The molecule has 4 heteroatoms. The van der Waals surface area contributed by atoms with Crippen LogP contribution in [-0.4, -0.2) is 10.1 Å². The van der Waals surface area contributed by atoms with E-state index < -0.39 is 6.10 Å². The molecule has 3 nitrogen and oxygen atoms in total. The highest BCUT2D eigenvalue weighted by Gasteiger charge is 2.15. The van der Waals surface area contributed by atoms with Gasteiger partial charge in [-0.3, -0.25) is 0 Å². The van der Waals surface area contributed by atoms with Gasteiger partial charge in [-0.1, -0.05) is 84.8 Å². The Balaban J connectivity index is 0.000000225. The second-order valence-electron chi connectivity index (χ2n) is 5.23. The average molecular weight is 352 g/mol. The van der Waals surface area contributed by atoms with E-state index in [1.54, 1.807) is 6.20 Å². The molecule has 0 radical (unpaired) electrons. The molecule has 0 spiro atoms. The zero-order valence-corrected chi connectivity index (χ0v) is 13.8. The summed E-state index contributed by atoms with van der Waals surface area (Å²) in [6.07, 6.45) is 9.81.